The van der Waals surface area contributed by atoms with Gasteiger partial charge in [0.25, 0.3) is 11.5 Å². The molecule has 1 heterocycles. The van der Waals surface area contributed by atoms with E-state index in [9.17, 15) is 9.59 Å². The summed E-state index contributed by atoms with van der Waals surface area (Å²) in [4.78, 5) is 27.3. The van der Waals surface area contributed by atoms with Crippen molar-refractivity contribution in [2.75, 3.05) is 0 Å². The highest BCUT2D eigenvalue weighted by Gasteiger charge is 2.20. The highest BCUT2D eigenvalue weighted by atomic mass is 35.5. The SMILES string of the molecule is CC(C)N(Cc1cccc(Cl)c1)C(=O)c1ccc(=O)n(Cc2ccccc2Cl)c1. The highest BCUT2D eigenvalue weighted by molar-refractivity contribution is 6.31. The standard InChI is InChI=1S/C23H22Cl2N2O2/c1-16(2)27(13-17-6-5-8-20(24)12-17)23(29)19-10-11-22(28)26(15-19)14-18-7-3-4-9-21(18)25/h3-12,15-16H,13-14H2,1-2H3. The lowest BCUT2D eigenvalue weighted by Gasteiger charge is -2.27. The van der Waals surface area contributed by atoms with E-state index in [1.54, 1.807) is 29.3 Å². The van der Waals surface area contributed by atoms with Gasteiger partial charge in [-0.3, -0.25) is 9.59 Å². The van der Waals surface area contributed by atoms with Crippen LogP contribution in [0.25, 0.3) is 0 Å². The van der Waals surface area contributed by atoms with Gasteiger partial charge < -0.3 is 9.47 Å². The molecule has 0 spiro atoms. The molecule has 4 nitrogen and oxygen atoms in total. The van der Waals surface area contributed by atoms with Gasteiger partial charge in [0.05, 0.1) is 12.1 Å². The second-order valence-electron chi connectivity index (χ2n) is 7.13. The fraction of sp³-hybridized carbons (Fsp3) is 0.217. The van der Waals surface area contributed by atoms with Crippen molar-refractivity contribution in [3.8, 4) is 0 Å². The minimum atomic E-state index is -0.188. The number of carbonyl (C=O) groups is 1. The second-order valence-corrected chi connectivity index (χ2v) is 7.98. The van der Waals surface area contributed by atoms with Crippen LogP contribution in [-0.4, -0.2) is 21.4 Å². The topological polar surface area (TPSA) is 42.3 Å². The van der Waals surface area contributed by atoms with Crippen LogP contribution in [0.1, 0.15) is 35.3 Å². The summed E-state index contributed by atoms with van der Waals surface area (Å²) in [6.07, 6.45) is 1.60. The van der Waals surface area contributed by atoms with E-state index in [0.29, 0.717) is 28.7 Å². The van der Waals surface area contributed by atoms with E-state index in [1.807, 2.05) is 50.2 Å². The van der Waals surface area contributed by atoms with Crippen LogP contribution in [0.2, 0.25) is 10.0 Å². The zero-order chi connectivity index (χ0) is 21.0. The molecule has 3 rings (SSSR count). The minimum absolute atomic E-state index is 0.0228. The molecule has 0 aliphatic rings. The molecule has 0 saturated carbocycles. The number of amides is 1. The fourth-order valence-electron chi connectivity index (χ4n) is 3.08. The van der Waals surface area contributed by atoms with Crippen molar-refractivity contribution in [2.45, 2.75) is 33.0 Å². The lowest BCUT2D eigenvalue weighted by molar-refractivity contribution is 0.0689. The van der Waals surface area contributed by atoms with Crippen molar-refractivity contribution in [1.82, 2.24) is 9.47 Å². The summed E-state index contributed by atoms with van der Waals surface area (Å²) >= 11 is 12.3. The average molecular weight is 429 g/mol. The van der Waals surface area contributed by atoms with E-state index in [0.717, 1.165) is 11.1 Å². The second kappa shape index (κ2) is 9.29. The maximum absolute atomic E-state index is 13.2. The Morgan fingerprint density at radius 2 is 1.79 bits per heavy atom. The first kappa shape index (κ1) is 21.2. The van der Waals surface area contributed by atoms with E-state index in [1.165, 1.54) is 10.6 Å². The zero-order valence-electron chi connectivity index (χ0n) is 16.3. The predicted octanol–water partition coefficient (Wildman–Crippen LogP) is 5.25. The Labute approximate surface area is 180 Å². The molecule has 0 bridgehead atoms. The third-order valence-electron chi connectivity index (χ3n) is 4.66. The number of aromatic nitrogens is 1. The fourth-order valence-corrected chi connectivity index (χ4v) is 3.49. The van der Waals surface area contributed by atoms with Crippen molar-refractivity contribution in [3.63, 3.8) is 0 Å². The maximum atomic E-state index is 13.2. The molecule has 0 unspecified atom stereocenters. The van der Waals surface area contributed by atoms with E-state index >= 15 is 0 Å². The molecule has 0 radical (unpaired) electrons. The average Bonchev–Trinajstić information content (AvgIpc) is 2.69. The van der Waals surface area contributed by atoms with Gasteiger partial charge in [-0.15, -0.1) is 0 Å². The van der Waals surface area contributed by atoms with Crippen molar-refractivity contribution < 1.29 is 4.79 Å². The third kappa shape index (κ3) is 5.28. The van der Waals surface area contributed by atoms with Gasteiger partial charge in [0.15, 0.2) is 0 Å². The van der Waals surface area contributed by atoms with E-state index < -0.39 is 0 Å². The zero-order valence-corrected chi connectivity index (χ0v) is 17.8. The van der Waals surface area contributed by atoms with Crippen LogP contribution < -0.4 is 5.56 Å². The predicted molar refractivity (Wildman–Crippen MR) is 118 cm³/mol. The number of hydrogen-bond acceptors (Lipinski definition) is 2. The van der Waals surface area contributed by atoms with Gasteiger partial charge in [0, 0.05) is 34.9 Å². The molecular weight excluding hydrogens is 407 g/mol. The first-order valence-corrected chi connectivity index (χ1v) is 10.1. The Kier molecular flexibility index (Phi) is 6.78. The first-order valence-electron chi connectivity index (χ1n) is 9.34. The largest absolute Gasteiger partial charge is 0.332 e. The van der Waals surface area contributed by atoms with Crippen molar-refractivity contribution >= 4 is 29.1 Å². The summed E-state index contributed by atoms with van der Waals surface area (Å²) in [7, 11) is 0. The molecule has 1 amide bonds. The third-order valence-corrected chi connectivity index (χ3v) is 5.26. The Hall–Kier alpha value is -2.56. The summed E-state index contributed by atoms with van der Waals surface area (Å²) in [6, 6.07) is 17.8. The molecule has 0 N–H and O–H groups in total. The normalized spacial score (nSPS) is 10.9. The van der Waals surface area contributed by atoms with Gasteiger partial charge in [-0.2, -0.15) is 0 Å². The van der Waals surface area contributed by atoms with Gasteiger partial charge in [0.1, 0.15) is 0 Å². The van der Waals surface area contributed by atoms with Crippen LogP contribution >= 0.6 is 23.2 Å². The summed E-state index contributed by atoms with van der Waals surface area (Å²) < 4.78 is 1.51. The van der Waals surface area contributed by atoms with Crippen LogP contribution in [0.5, 0.6) is 0 Å². The molecule has 0 aliphatic heterocycles. The molecule has 0 aliphatic carbocycles. The maximum Gasteiger partial charge on any atom is 0.255 e. The Morgan fingerprint density at radius 1 is 1.03 bits per heavy atom. The van der Waals surface area contributed by atoms with Gasteiger partial charge >= 0.3 is 0 Å². The summed E-state index contributed by atoms with van der Waals surface area (Å²) in [5.41, 5.74) is 2.03. The lowest BCUT2D eigenvalue weighted by atomic mass is 10.1. The van der Waals surface area contributed by atoms with Crippen molar-refractivity contribution in [3.05, 3.63) is 104 Å². The van der Waals surface area contributed by atoms with Crippen molar-refractivity contribution in [2.24, 2.45) is 0 Å². The number of nitrogens with zero attached hydrogens (tertiary/aromatic N) is 2. The van der Waals surface area contributed by atoms with Crippen molar-refractivity contribution in [1.29, 1.82) is 0 Å². The molecule has 150 valence electrons. The molecule has 29 heavy (non-hydrogen) atoms. The number of pyridine rings is 1. The monoisotopic (exact) mass is 428 g/mol. The summed E-state index contributed by atoms with van der Waals surface area (Å²) in [5.74, 6) is -0.145. The van der Waals surface area contributed by atoms with E-state index in [-0.39, 0.29) is 17.5 Å². The van der Waals surface area contributed by atoms with E-state index in [4.69, 9.17) is 23.2 Å². The number of benzene rings is 2. The Bertz CT molecular complexity index is 1080. The smallest absolute Gasteiger partial charge is 0.255 e. The molecule has 0 atom stereocenters. The molecule has 0 saturated heterocycles. The molecule has 1 aromatic heterocycles. The van der Waals surface area contributed by atoms with Gasteiger partial charge in [-0.1, -0.05) is 53.5 Å². The molecule has 6 heteroatoms. The highest BCUT2D eigenvalue weighted by Crippen LogP contribution is 2.18. The Balaban J connectivity index is 1.88. The van der Waals surface area contributed by atoms with Crippen LogP contribution in [0.4, 0.5) is 0 Å². The van der Waals surface area contributed by atoms with E-state index in [2.05, 4.69) is 0 Å². The molecule has 2 aromatic carbocycles. The number of rotatable bonds is 6. The molecular formula is C23H22Cl2N2O2. The lowest BCUT2D eigenvalue weighted by Crippen LogP contribution is -2.37. The molecule has 3 aromatic rings. The number of hydrogen-bond donors (Lipinski definition) is 0. The van der Waals surface area contributed by atoms with Gasteiger partial charge in [-0.25, -0.2) is 0 Å². The van der Waals surface area contributed by atoms with Crippen LogP contribution in [0.3, 0.4) is 0 Å². The number of halogens is 2. The Morgan fingerprint density at radius 3 is 2.48 bits per heavy atom. The van der Waals surface area contributed by atoms with Crippen LogP contribution in [-0.2, 0) is 13.1 Å². The van der Waals surface area contributed by atoms with Crippen LogP contribution in [0, 0.1) is 0 Å². The number of carbonyl (C=O) groups excluding carboxylic acids is 1. The van der Waals surface area contributed by atoms with Gasteiger partial charge in [-0.05, 0) is 49.2 Å². The minimum Gasteiger partial charge on any atom is -0.332 e. The quantitative estimate of drug-likeness (QED) is 0.537. The summed E-state index contributed by atoms with van der Waals surface area (Å²) in [5, 5.41) is 1.22. The first-order chi connectivity index (χ1) is 13.8. The van der Waals surface area contributed by atoms with Gasteiger partial charge in [0.2, 0.25) is 0 Å². The molecule has 0 fully saturated rings. The van der Waals surface area contributed by atoms with Crippen LogP contribution in [0.15, 0.2) is 71.7 Å². The summed E-state index contributed by atoms with van der Waals surface area (Å²) in [6.45, 7) is 4.65.